The zero-order chi connectivity index (χ0) is 13.2. The molecule has 1 aliphatic heterocycles. The van der Waals surface area contributed by atoms with Gasteiger partial charge in [-0.1, -0.05) is 27.7 Å². The number of amidine groups is 1. The normalized spacial score (nSPS) is 18.1. The summed E-state index contributed by atoms with van der Waals surface area (Å²) in [5, 5.41) is 4.33. The molecule has 0 bridgehead atoms. The number of nitrogens with one attached hydrogen (secondary N) is 1. The lowest BCUT2D eigenvalue weighted by Crippen LogP contribution is -2.27. The molecule has 0 atom stereocenters. The van der Waals surface area contributed by atoms with E-state index in [1.807, 2.05) is 18.2 Å². The second kappa shape index (κ2) is 5.53. The Morgan fingerprint density at radius 3 is 2.83 bits per heavy atom. The Bertz CT molecular complexity index is 474. The van der Waals surface area contributed by atoms with Gasteiger partial charge in [0.2, 0.25) is 0 Å². The number of ether oxygens (including phenoxy) is 1. The van der Waals surface area contributed by atoms with E-state index in [1.54, 1.807) is 18.9 Å². The van der Waals surface area contributed by atoms with Crippen LogP contribution in [0.2, 0.25) is 0 Å². The molecular formula is C13H17BrN2OS. The quantitative estimate of drug-likeness (QED) is 0.885. The van der Waals surface area contributed by atoms with Crippen molar-refractivity contribution in [2.24, 2.45) is 4.99 Å². The van der Waals surface area contributed by atoms with Crippen LogP contribution in [0.4, 0.5) is 5.69 Å². The molecule has 1 aromatic rings. The first-order valence-electron chi connectivity index (χ1n) is 5.83. The topological polar surface area (TPSA) is 33.6 Å². The summed E-state index contributed by atoms with van der Waals surface area (Å²) >= 11 is 5.24. The highest BCUT2D eigenvalue weighted by Crippen LogP contribution is 2.29. The molecule has 0 amide bonds. The molecule has 0 unspecified atom stereocenters. The van der Waals surface area contributed by atoms with Crippen molar-refractivity contribution in [3.05, 3.63) is 22.7 Å². The number of rotatable bonds is 2. The molecule has 0 spiro atoms. The van der Waals surface area contributed by atoms with E-state index in [1.165, 1.54) is 0 Å². The average Bonchev–Trinajstić information content (AvgIpc) is 2.26. The fourth-order valence-corrected chi connectivity index (χ4v) is 3.47. The largest absolute Gasteiger partial charge is 0.497 e. The first kappa shape index (κ1) is 13.7. The monoisotopic (exact) mass is 328 g/mol. The van der Waals surface area contributed by atoms with Crippen LogP contribution in [0, 0.1) is 0 Å². The van der Waals surface area contributed by atoms with Gasteiger partial charge in [-0.15, -0.1) is 0 Å². The van der Waals surface area contributed by atoms with Gasteiger partial charge in [-0.25, -0.2) is 0 Å². The first-order chi connectivity index (χ1) is 8.48. The van der Waals surface area contributed by atoms with Gasteiger partial charge in [0.15, 0.2) is 5.17 Å². The van der Waals surface area contributed by atoms with Crippen LogP contribution >= 0.6 is 27.7 Å². The third kappa shape index (κ3) is 3.65. The van der Waals surface area contributed by atoms with Crippen molar-refractivity contribution < 1.29 is 4.74 Å². The Kier molecular flexibility index (Phi) is 4.22. The van der Waals surface area contributed by atoms with E-state index in [0.29, 0.717) is 0 Å². The molecule has 0 fully saturated rings. The number of benzene rings is 1. The van der Waals surface area contributed by atoms with Gasteiger partial charge in [0, 0.05) is 22.0 Å². The van der Waals surface area contributed by atoms with Gasteiger partial charge in [0.05, 0.1) is 12.6 Å². The highest BCUT2D eigenvalue weighted by Gasteiger charge is 2.22. The molecule has 1 heterocycles. The number of aliphatic imine (C=N–C) groups is 1. The van der Waals surface area contributed by atoms with Crippen LogP contribution in [0.25, 0.3) is 0 Å². The number of hydrogen-bond acceptors (Lipinski definition) is 4. The lowest BCUT2D eigenvalue weighted by Gasteiger charge is -2.26. The summed E-state index contributed by atoms with van der Waals surface area (Å²) in [6.45, 7) is 4.33. The third-order valence-corrected chi connectivity index (χ3v) is 4.05. The molecule has 3 nitrogen and oxygen atoms in total. The van der Waals surface area contributed by atoms with Crippen LogP contribution in [0.5, 0.6) is 5.75 Å². The predicted octanol–water partition coefficient (Wildman–Crippen LogP) is 4.14. The summed E-state index contributed by atoms with van der Waals surface area (Å²) in [6.07, 6.45) is 1.12. The number of nitrogens with zero attached hydrogens (tertiary/aromatic N) is 1. The molecular weight excluding hydrogens is 312 g/mol. The summed E-state index contributed by atoms with van der Waals surface area (Å²) in [4.78, 5) is 4.71. The van der Waals surface area contributed by atoms with Crippen LogP contribution in [-0.2, 0) is 0 Å². The van der Waals surface area contributed by atoms with Gasteiger partial charge < -0.3 is 10.1 Å². The van der Waals surface area contributed by atoms with Crippen molar-refractivity contribution in [1.29, 1.82) is 0 Å². The zero-order valence-electron chi connectivity index (χ0n) is 10.8. The number of halogens is 1. The van der Waals surface area contributed by atoms with Gasteiger partial charge in [-0.05, 0) is 32.4 Å². The van der Waals surface area contributed by atoms with Crippen LogP contribution in [0.1, 0.15) is 20.3 Å². The third-order valence-electron chi connectivity index (χ3n) is 2.72. The Labute approximate surface area is 121 Å². The molecule has 0 saturated carbocycles. The molecule has 1 aliphatic rings. The van der Waals surface area contributed by atoms with Gasteiger partial charge >= 0.3 is 0 Å². The van der Waals surface area contributed by atoms with Crippen LogP contribution in [0.3, 0.4) is 0 Å². The zero-order valence-corrected chi connectivity index (χ0v) is 13.2. The fraction of sp³-hybridized carbons (Fsp3) is 0.462. The van der Waals surface area contributed by atoms with E-state index in [9.17, 15) is 0 Å². The summed E-state index contributed by atoms with van der Waals surface area (Å²) in [5.74, 6) is 1.93. The standard InChI is InChI=1S/C13H17BrN2OS/c1-13(2)4-5-18-12(16-13)15-10-6-9(14)7-11(8-10)17-3/h6-8H,4-5H2,1-3H3,(H,15,16). The maximum absolute atomic E-state index is 5.25. The van der Waals surface area contributed by atoms with Gasteiger partial charge in [0.1, 0.15) is 5.75 Å². The minimum atomic E-state index is 0.0314. The number of thioether (sulfide) groups is 1. The molecule has 98 valence electrons. The van der Waals surface area contributed by atoms with Gasteiger partial charge in [-0.3, -0.25) is 4.99 Å². The van der Waals surface area contributed by atoms with E-state index in [2.05, 4.69) is 35.1 Å². The number of methoxy groups -OCH3 is 1. The first-order valence-corrected chi connectivity index (χ1v) is 7.61. The van der Waals surface area contributed by atoms with Crippen molar-refractivity contribution in [3.63, 3.8) is 0 Å². The van der Waals surface area contributed by atoms with E-state index < -0.39 is 0 Å². The SMILES string of the molecule is COc1cc(Br)cc(NC2=NC(C)(C)CCS2)c1. The average molecular weight is 329 g/mol. The maximum Gasteiger partial charge on any atom is 0.161 e. The van der Waals surface area contributed by atoms with Crippen LogP contribution in [0.15, 0.2) is 27.7 Å². The minimum absolute atomic E-state index is 0.0314. The molecule has 0 radical (unpaired) electrons. The highest BCUT2D eigenvalue weighted by molar-refractivity contribution is 9.10. The minimum Gasteiger partial charge on any atom is -0.497 e. The summed E-state index contributed by atoms with van der Waals surface area (Å²) < 4.78 is 6.24. The van der Waals surface area contributed by atoms with Crippen LogP contribution in [-0.4, -0.2) is 23.6 Å². The smallest absolute Gasteiger partial charge is 0.161 e. The summed E-state index contributed by atoms with van der Waals surface area (Å²) in [6, 6.07) is 5.92. The molecule has 0 saturated heterocycles. The lowest BCUT2D eigenvalue weighted by atomic mass is 10.0. The molecule has 1 aromatic carbocycles. The van der Waals surface area contributed by atoms with Gasteiger partial charge in [0.25, 0.3) is 0 Å². The molecule has 0 aliphatic carbocycles. The van der Waals surface area contributed by atoms with Crippen molar-refractivity contribution in [2.45, 2.75) is 25.8 Å². The van der Waals surface area contributed by atoms with Crippen molar-refractivity contribution in [1.82, 2.24) is 0 Å². The Hall–Kier alpha value is -0.680. The van der Waals surface area contributed by atoms with E-state index >= 15 is 0 Å². The molecule has 0 aromatic heterocycles. The highest BCUT2D eigenvalue weighted by atomic mass is 79.9. The Morgan fingerprint density at radius 1 is 1.39 bits per heavy atom. The molecule has 18 heavy (non-hydrogen) atoms. The number of hydrogen-bond donors (Lipinski definition) is 1. The second-order valence-corrected chi connectivity index (χ2v) is 6.83. The van der Waals surface area contributed by atoms with Crippen LogP contribution < -0.4 is 10.1 Å². The van der Waals surface area contributed by atoms with Crippen molar-refractivity contribution >= 4 is 38.5 Å². The molecule has 5 heteroatoms. The molecule has 2 rings (SSSR count). The van der Waals surface area contributed by atoms with E-state index in [0.717, 1.165) is 33.3 Å². The lowest BCUT2D eigenvalue weighted by molar-refractivity contribution is 0.415. The van der Waals surface area contributed by atoms with Crippen molar-refractivity contribution in [2.75, 3.05) is 18.2 Å². The maximum atomic E-state index is 5.25. The van der Waals surface area contributed by atoms with Gasteiger partial charge in [-0.2, -0.15) is 0 Å². The van der Waals surface area contributed by atoms with Crippen molar-refractivity contribution in [3.8, 4) is 5.75 Å². The Morgan fingerprint density at radius 2 is 2.17 bits per heavy atom. The second-order valence-electron chi connectivity index (χ2n) is 4.83. The molecule has 1 N–H and O–H groups in total. The predicted molar refractivity (Wildman–Crippen MR) is 82.9 cm³/mol. The summed E-state index contributed by atoms with van der Waals surface area (Å²) in [5.41, 5.74) is 1.02. The summed E-state index contributed by atoms with van der Waals surface area (Å²) in [7, 11) is 1.67. The fourth-order valence-electron chi connectivity index (χ4n) is 1.70. The number of anilines is 1. The van der Waals surface area contributed by atoms with E-state index in [-0.39, 0.29) is 5.54 Å². The Balaban J connectivity index is 2.19. The van der Waals surface area contributed by atoms with E-state index in [4.69, 9.17) is 9.73 Å².